The van der Waals surface area contributed by atoms with Crippen LogP contribution in [-0.2, 0) is 14.3 Å². The standard InChI is InChI=1S/C35H64O7/c1-3-4-5-6-7-8-12-15-21-31(38)33-23-24-34(42-33)32(39)22-17-16-19-29(36)18-13-10-9-11-14-20-30(37)26-28-25-27(2)41-35(28)40/h25,27,29-34,36-39H,3-24,26H2,1-2H3/t27-,29+,30+,31+,32+,33+,34+/m0/s1. The van der Waals surface area contributed by atoms with Crippen molar-refractivity contribution < 1.29 is 34.7 Å². The summed E-state index contributed by atoms with van der Waals surface area (Å²) in [6, 6.07) is 0. The second-order valence-electron chi connectivity index (χ2n) is 13.1. The third-order valence-corrected chi connectivity index (χ3v) is 9.11. The highest BCUT2D eigenvalue weighted by atomic mass is 16.5. The van der Waals surface area contributed by atoms with Crippen molar-refractivity contribution in [2.45, 2.75) is 204 Å². The van der Waals surface area contributed by atoms with Crippen LogP contribution in [0.25, 0.3) is 0 Å². The minimum absolute atomic E-state index is 0.139. The van der Waals surface area contributed by atoms with E-state index in [1.807, 2.05) is 6.92 Å². The van der Waals surface area contributed by atoms with Gasteiger partial charge in [-0.3, -0.25) is 0 Å². The molecule has 7 nitrogen and oxygen atoms in total. The summed E-state index contributed by atoms with van der Waals surface area (Å²) in [5.41, 5.74) is 0.596. The number of ether oxygens (including phenoxy) is 2. The molecular weight excluding hydrogens is 532 g/mol. The number of hydrogen-bond acceptors (Lipinski definition) is 7. The Hall–Kier alpha value is -0.990. The summed E-state index contributed by atoms with van der Waals surface area (Å²) < 4.78 is 11.1. The van der Waals surface area contributed by atoms with E-state index in [2.05, 4.69) is 6.92 Å². The number of aliphatic hydroxyl groups excluding tert-OH is 4. The van der Waals surface area contributed by atoms with Crippen LogP contribution in [0.5, 0.6) is 0 Å². The molecule has 7 heteroatoms. The molecule has 0 spiro atoms. The normalized spacial score (nSPS) is 23.5. The summed E-state index contributed by atoms with van der Waals surface area (Å²) in [4.78, 5) is 11.6. The fourth-order valence-corrected chi connectivity index (χ4v) is 6.42. The average molecular weight is 597 g/mol. The molecule has 1 saturated heterocycles. The van der Waals surface area contributed by atoms with Gasteiger partial charge in [0, 0.05) is 12.0 Å². The molecule has 2 aliphatic heterocycles. The number of rotatable bonds is 26. The number of carbonyl (C=O) groups excluding carboxylic acids is 1. The molecule has 0 aromatic heterocycles. The van der Waals surface area contributed by atoms with Gasteiger partial charge in [0.15, 0.2) is 0 Å². The summed E-state index contributed by atoms with van der Waals surface area (Å²) >= 11 is 0. The van der Waals surface area contributed by atoms with Gasteiger partial charge in [0.2, 0.25) is 0 Å². The molecule has 2 heterocycles. The molecule has 0 amide bonds. The second kappa shape index (κ2) is 22.5. The van der Waals surface area contributed by atoms with Crippen molar-refractivity contribution in [3.63, 3.8) is 0 Å². The minimum atomic E-state index is -0.493. The smallest absolute Gasteiger partial charge is 0.334 e. The third kappa shape index (κ3) is 16.2. The van der Waals surface area contributed by atoms with Crippen molar-refractivity contribution in [3.8, 4) is 0 Å². The summed E-state index contributed by atoms with van der Waals surface area (Å²) in [5, 5.41) is 41.7. The van der Waals surface area contributed by atoms with E-state index in [-0.39, 0.29) is 30.4 Å². The van der Waals surface area contributed by atoms with Crippen LogP contribution in [0.3, 0.4) is 0 Å². The summed E-state index contributed by atoms with van der Waals surface area (Å²) in [5.74, 6) is -0.298. The van der Waals surface area contributed by atoms with E-state index >= 15 is 0 Å². The SMILES string of the molecule is CCCCCCCCCC[C@@H](O)[C@H]1CC[C@H]([C@H](O)CCCC[C@H](O)CCCCCCC[C@@H](O)CC2=C[C@H](C)OC2=O)O1. The Morgan fingerprint density at radius 3 is 1.60 bits per heavy atom. The maximum absolute atomic E-state index is 11.6. The monoisotopic (exact) mass is 596 g/mol. The number of esters is 1. The molecule has 0 radical (unpaired) electrons. The van der Waals surface area contributed by atoms with Crippen molar-refractivity contribution in [2.24, 2.45) is 0 Å². The maximum Gasteiger partial charge on any atom is 0.334 e. The highest BCUT2D eigenvalue weighted by molar-refractivity contribution is 5.90. The first kappa shape index (κ1) is 37.2. The van der Waals surface area contributed by atoms with Crippen LogP contribution in [0.4, 0.5) is 0 Å². The van der Waals surface area contributed by atoms with Gasteiger partial charge in [-0.05, 0) is 57.9 Å². The van der Waals surface area contributed by atoms with Crippen LogP contribution in [0.2, 0.25) is 0 Å². The fraction of sp³-hybridized carbons (Fsp3) is 0.914. The molecule has 1 fully saturated rings. The molecule has 0 unspecified atom stereocenters. The minimum Gasteiger partial charge on any atom is -0.455 e. The van der Waals surface area contributed by atoms with Crippen molar-refractivity contribution in [2.75, 3.05) is 0 Å². The zero-order chi connectivity index (χ0) is 30.6. The van der Waals surface area contributed by atoms with E-state index < -0.39 is 18.3 Å². The van der Waals surface area contributed by atoms with E-state index in [0.717, 1.165) is 83.5 Å². The first-order valence-corrected chi connectivity index (χ1v) is 17.6. The molecule has 42 heavy (non-hydrogen) atoms. The van der Waals surface area contributed by atoms with Crippen molar-refractivity contribution >= 4 is 5.97 Å². The molecule has 4 N–H and O–H groups in total. The molecule has 7 atom stereocenters. The van der Waals surface area contributed by atoms with Gasteiger partial charge < -0.3 is 29.9 Å². The number of unbranched alkanes of at least 4 members (excludes halogenated alkanes) is 12. The van der Waals surface area contributed by atoms with E-state index in [0.29, 0.717) is 24.8 Å². The molecule has 246 valence electrons. The van der Waals surface area contributed by atoms with Crippen molar-refractivity contribution in [1.29, 1.82) is 0 Å². The average Bonchev–Trinajstić information content (AvgIpc) is 3.58. The topological polar surface area (TPSA) is 116 Å². The predicted octanol–water partition coefficient (Wildman–Crippen LogP) is 7.06. The Labute approximate surface area is 256 Å². The first-order valence-electron chi connectivity index (χ1n) is 17.6. The van der Waals surface area contributed by atoms with Crippen LogP contribution in [-0.4, -0.2) is 69.1 Å². The maximum atomic E-state index is 11.6. The number of hydrogen-bond donors (Lipinski definition) is 4. The van der Waals surface area contributed by atoms with Gasteiger partial charge in [0.05, 0.1) is 36.6 Å². The first-order chi connectivity index (χ1) is 20.3. The lowest BCUT2D eigenvalue weighted by Crippen LogP contribution is -2.31. The van der Waals surface area contributed by atoms with Crippen LogP contribution in [0, 0.1) is 0 Å². The van der Waals surface area contributed by atoms with E-state index in [1.54, 1.807) is 6.08 Å². The largest absolute Gasteiger partial charge is 0.455 e. The Balaban J connectivity index is 1.40. The lowest BCUT2D eigenvalue weighted by molar-refractivity contribution is -0.139. The number of cyclic esters (lactones) is 1. The second-order valence-corrected chi connectivity index (χ2v) is 13.1. The van der Waals surface area contributed by atoms with Gasteiger partial charge in [-0.2, -0.15) is 0 Å². The molecule has 0 aliphatic carbocycles. The molecule has 2 rings (SSSR count). The Morgan fingerprint density at radius 2 is 1.10 bits per heavy atom. The zero-order valence-electron chi connectivity index (χ0n) is 26.9. The predicted molar refractivity (Wildman–Crippen MR) is 168 cm³/mol. The highest BCUT2D eigenvalue weighted by Crippen LogP contribution is 2.28. The van der Waals surface area contributed by atoms with Gasteiger partial charge in [-0.15, -0.1) is 0 Å². The number of aliphatic hydroxyl groups is 4. The van der Waals surface area contributed by atoms with Gasteiger partial charge >= 0.3 is 5.97 Å². The molecule has 0 aromatic carbocycles. The van der Waals surface area contributed by atoms with Crippen LogP contribution >= 0.6 is 0 Å². The number of carbonyl (C=O) groups is 1. The molecule has 0 bridgehead atoms. The molecule has 0 aromatic rings. The highest BCUT2D eigenvalue weighted by Gasteiger charge is 2.34. The van der Waals surface area contributed by atoms with E-state index in [4.69, 9.17) is 9.47 Å². The Morgan fingerprint density at radius 1 is 0.667 bits per heavy atom. The fourth-order valence-electron chi connectivity index (χ4n) is 6.42. The molecule has 0 saturated carbocycles. The van der Waals surface area contributed by atoms with Gasteiger partial charge in [-0.25, -0.2) is 4.79 Å². The summed E-state index contributed by atoms with van der Waals surface area (Å²) in [6.45, 7) is 4.07. The van der Waals surface area contributed by atoms with Crippen LogP contribution in [0.1, 0.15) is 162 Å². The zero-order valence-corrected chi connectivity index (χ0v) is 26.9. The Bertz CT molecular complexity index is 726. The van der Waals surface area contributed by atoms with Crippen LogP contribution in [0.15, 0.2) is 11.6 Å². The van der Waals surface area contributed by atoms with E-state index in [1.165, 1.54) is 44.9 Å². The molecular formula is C35H64O7. The lowest BCUT2D eigenvalue weighted by atomic mass is 9.99. The van der Waals surface area contributed by atoms with Gasteiger partial charge in [0.1, 0.15) is 6.10 Å². The molecule has 2 aliphatic rings. The summed E-state index contributed by atoms with van der Waals surface area (Å²) in [6.07, 6.45) is 22.4. The quantitative estimate of drug-likeness (QED) is 0.0624. The van der Waals surface area contributed by atoms with Crippen molar-refractivity contribution in [1.82, 2.24) is 0 Å². The van der Waals surface area contributed by atoms with E-state index in [9.17, 15) is 25.2 Å². The Kier molecular flexibility index (Phi) is 19.9. The van der Waals surface area contributed by atoms with Crippen molar-refractivity contribution in [3.05, 3.63) is 11.6 Å². The van der Waals surface area contributed by atoms with Gasteiger partial charge in [0.25, 0.3) is 0 Å². The van der Waals surface area contributed by atoms with Crippen LogP contribution < -0.4 is 0 Å². The lowest BCUT2D eigenvalue weighted by Gasteiger charge is -2.22. The van der Waals surface area contributed by atoms with Gasteiger partial charge in [-0.1, -0.05) is 103 Å². The summed E-state index contributed by atoms with van der Waals surface area (Å²) in [7, 11) is 0. The third-order valence-electron chi connectivity index (χ3n) is 9.11.